The number of nitrogens with zero attached hydrogens (tertiary/aromatic N) is 1. The van der Waals surface area contributed by atoms with E-state index in [-0.39, 0.29) is 0 Å². The molecular formula is C16H21ClN2O. The Kier molecular flexibility index (Phi) is 4.05. The van der Waals surface area contributed by atoms with E-state index in [1.807, 2.05) is 38.1 Å². The molecule has 2 N–H and O–H groups in total. The highest BCUT2D eigenvalue weighted by Gasteiger charge is 2.34. The standard InChI is InChI=1S/C16H21ClN2O/c1-15(2,16(3,4)20)19-10-11-7-8-13(17)12-6-5-9-18-14(11)12/h5-9,19-20H,10H2,1-4H3. The molecule has 1 heterocycles. The molecule has 0 aliphatic rings. The number of hydrogen-bond acceptors (Lipinski definition) is 3. The van der Waals surface area contributed by atoms with Crippen molar-refractivity contribution in [3.05, 3.63) is 41.0 Å². The van der Waals surface area contributed by atoms with Crippen LogP contribution < -0.4 is 5.32 Å². The van der Waals surface area contributed by atoms with Crippen molar-refractivity contribution in [2.45, 2.75) is 45.4 Å². The minimum Gasteiger partial charge on any atom is -0.389 e. The summed E-state index contributed by atoms with van der Waals surface area (Å²) < 4.78 is 0. The molecule has 0 saturated heterocycles. The molecule has 1 aromatic carbocycles. The van der Waals surface area contributed by atoms with Crippen molar-refractivity contribution in [1.29, 1.82) is 0 Å². The molecule has 20 heavy (non-hydrogen) atoms. The summed E-state index contributed by atoms with van der Waals surface area (Å²) in [4.78, 5) is 4.42. The van der Waals surface area contributed by atoms with Gasteiger partial charge in [0.1, 0.15) is 0 Å². The zero-order valence-corrected chi connectivity index (χ0v) is 13.1. The molecule has 2 aromatic rings. The fourth-order valence-corrected chi connectivity index (χ4v) is 2.09. The molecule has 0 amide bonds. The molecule has 1 aromatic heterocycles. The Labute approximate surface area is 125 Å². The van der Waals surface area contributed by atoms with Crippen LogP contribution in [0.25, 0.3) is 10.9 Å². The van der Waals surface area contributed by atoms with E-state index in [0.717, 1.165) is 16.5 Å². The fourth-order valence-electron chi connectivity index (χ4n) is 1.87. The molecule has 0 radical (unpaired) electrons. The summed E-state index contributed by atoms with van der Waals surface area (Å²) in [6, 6.07) is 7.71. The average molecular weight is 293 g/mol. The number of nitrogens with one attached hydrogen (secondary N) is 1. The number of aliphatic hydroxyl groups is 1. The van der Waals surface area contributed by atoms with Crippen molar-refractivity contribution in [2.24, 2.45) is 0 Å². The van der Waals surface area contributed by atoms with Crippen LogP contribution in [0.3, 0.4) is 0 Å². The van der Waals surface area contributed by atoms with Gasteiger partial charge in [0, 0.05) is 28.7 Å². The zero-order valence-electron chi connectivity index (χ0n) is 12.4. The number of benzene rings is 1. The Morgan fingerprint density at radius 3 is 2.55 bits per heavy atom. The zero-order chi connectivity index (χ0) is 15.0. The Morgan fingerprint density at radius 2 is 1.90 bits per heavy atom. The number of halogens is 1. The van der Waals surface area contributed by atoms with E-state index >= 15 is 0 Å². The lowest BCUT2D eigenvalue weighted by atomic mass is 9.86. The average Bonchev–Trinajstić information content (AvgIpc) is 2.37. The van der Waals surface area contributed by atoms with Crippen LogP contribution in [0, 0.1) is 0 Å². The molecule has 0 aliphatic heterocycles. The van der Waals surface area contributed by atoms with Gasteiger partial charge in [-0.15, -0.1) is 0 Å². The molecule has 0 spiro atoms. The molecule has 0 fully saturated rings. The third-order valence-electron chi connectivity index (χ3n) is 4.05. The number of hydrogen-bond donors (Lipinski definition) is 2. The van der Waals surface area contributed by atoms with Crippen LogP contribution in [-0.4, -0.2) is 21.2 Å². The van der Waals surface area contributed by atoms with Crippen molar-refractivity contribution in [3.8, 4) is 0 Å². The second-order valence-corrected chi connectivity index (χ2v) is 6.55. The van der Waals surface area contributed by atoms with Crippen molar-refractivity contribution in [2.75, 3.05) is 0 Å². The molecule has 0 aliphatic carbocycles. The van der Waals surface area contributed by atoms with Crippen molar-refractivity contribution in [3.63, 3.8) is 0 Å². The molecule has 0 saturated carbocycles. The second kappa shape index (κ2) is 5.32. The smallest absolute Gasteiger partial charge is 0.0767 e. The van der Waals surface area contributed by atoms with Gasteiger partial charge in [-0.3, -0.25) is 4.98 Å². The Morgan fingerprint density at radius 1 is 1.20 bits per heavy atom. The quantitative estimate of drug-likeness (QED) is 0.906. The largest absolute Gasteiger partial charge is 0.389 e. The summed E-state index contributed by atoms with van der Waals surface area (Å²) >= 11 is 6.19. The maximum absolute atomic E-state index is 10.2. The summed E-state index contributed by atoms with van der Waals surface area (Å²) in [6.45, 7) is 8.20. The normalized spacial score (nSPS) is 12.9. The summed E-state index contributed by atoms with van der Waals surface area (Å²) in [7, 11) is 0. The molecule has 4 heteroatoms. The van der Waals surface area contributed by atoms with Gasteiger partial charge in [0.25, 0.3) is 0 Å². The van der Waals surface area contributed by atoms with Gasteiger partial charge in [-0.2, -0.15) is 0 Å². The van der Waals surface area contributed by atoms with Crippen LogP contribution in [0.4, 0.5) is 0 Å². The molecule has 2 rings (SSSR count). The van der Waals surface area contributed by atoms with Gasteiger partial charge < -0.3 is 10.4 Å². The number of pyridine rings is 1. The summed E-state index contributed by atoms with van der Waals surface area (Å²) in [5, 5.41) is 15.2. The third kappa shape index (κ3) is 2.95. The van der Waals surface area contributed by atoms with Crippen LogP contribution in [-0.2, 0) is 6.54 Å². The third-order valence-corrected chi connectivity index (χ3v) is 4.38. The van der Waals surface area contributed by atoms with Crippen molar-refractivity contribution >= 4 is 22.5 Å². The van der Waals surface area contributed by atoms with Crippen LogP contribution >= 0.6 is 11.6 Å². The Bertz CT molecular complexity index is 617. The predicted octanol–water partition coefficient (Wildman–Crippen LogP) is 3.53. The molecule has 3 nitrogen and oxygen atoms in total. The molecule has 108 valence electrons. The monoisotopic (exact) mass is 292 g/mol. The van der Waals surface area contributed by atoms with Gasteiger partial charge in [-0.25, -0.2) is 0 Å². The van der Waals surface area contributed by atoms with Gasteiger partial charge >= 0.3 is 0 Å². The Hall–Kier alpha value is -1.16. The Balaban J connectivity index is 2.30. The first-order valence-corrected chi connectivity index (χ1v) is 7.10. The van der Waals surface area contributed by atoms with E-state index in [1.54, 1.807) is 20.0 Å². The van der Waals surface area contributed by atoms with Crippen LogP contribution in [0.5, 0.6) is 0 Å². The van der Waals surface area contributed by atoms with E-state index in [0.29, 0.717) is 11.6 Å². The first kappa shape index (κ1) is 15.2. The van der Waals surface area contributed by atoms with Gasteiger partial charge in [-0.1, -0.05) is 17.7 Å². The van der Waals surface area contributed by atoms with Gasteiger partial charge in [-0.05, 0) is 51.5 Å². The summed E-state index contributed by atoms with van der Waals surface area (Å²) in [5.41, 5.74) is 0.748. The second-order valence-electron chi connectivity index (χ2n) is 6.14. The molecule has 0 atom stereocenters. The number of fused-ring (bicyclic) bond motifs is 1. The first-order chi connectivity index (χ1) is 9.22. The van der Waals surface area contributed by atoms with E-state index in [4.69, 9.17) is 11.6 Å². The first-order valence-electron chi connectivity index (χ1n) is 6.72. The number of rotatable bonds is 4. The highest BCUT2D eigenvalue weighted by molar-refractivity contribution is 6.35. The highest BCUT2D eigenvalue weighted by atomic mass is 35.5. The van der Waals surface area contributed by atoms with E-state index < -0.39 is 11.1 Å². The lowest BCUT2D eigenvalue weighted by molar-refractivity contribution is -0.00527. The molecular weight excluding hydrogens is 272 g/mol. The summed E-state index contributed by atoms with van der Waals surface area (Å²) in [5.74, 6) is 0. The fraction of sp³-hybridized carbons (Fsp3) is 0.438. The maximum Gasteiger partial charge on any atom is 0.0767 e. The van der Waals surface area contributed by atoms with Gasteiger partial charge in [0.15, 0.2) is 0 Å². The maximum atomic E-state index is 10.2. The van der Waals surface area contributed by atoms with Crippen molar-refractivity contribution < 1.29 is 5.11 Å². The summed E-state index contributed by atoms with van der Waals surface area (Å²) in [6.07, 6.45) is 1.77. The topological polar surface area (TPSA) is 45.1 Å². The van der Waals surface area contributed by atoms with E-state index in [9.17, 15) is 5.11 Å². The highest BCUT2D eigenvalue weighted by Crippen LogP contribution is 2.26. The van der Waals surface area contributed by atoms with Gasteiger partial charge in [0.2, 0.25) is 0 Å². The van der Waals surface area contributed by atoms with Crippen LogP contribution in [0.2, 0.25) is 5.02 Å². The van der Waals surface area contributed by atoms with Gasteiger partial charge in [0.05, 0.1) is 11.1 Å². The number of aromatic nitrogens is 1. The lowest BCUT2D eigenvalue weighted by Gasteiger charge is -2.38. The molecule has 0 unspecified atom stereocenters. The van der Waals surface area contributed by atoms with E-state index in [1.165, 1.54) is 0 Å². The lowest BCUT2D eigenvalue weighted by Crippen LogP contribution is -2.55. The van der Waals surface area contributed by atoms with Crippen molar-refractivity contribution in [1.82, 2.24) is 10.3 Å². The predicted molar refractivity (Wildman–Crippen MR) is 84.0 cm³/mol. The van der Waals surface area contributed by atoms with Crippen LogP contribution in [0.15, 0.2) is 30.5 Å². The van der Waals surface area contributed by atoms with E-state index in [2.05, 4.69) is 10.3 Å². The van der Waals surface area contributed by atoms with Crippen LogP contribution in [0.1, 0.15) is 33.3 Å². The minimum atomic E-state index is -0.817. The minimum absolute atomic E-state index is 0.409. The SMILES string of the molecule is CC(C)(O)C(C)(C)NCc1ccc(Cl)c2cccnc12. The molecule has 0 bridgehead atoms.